The van der Waals surface area contributed by atoms with Gasteiger partial charge in [0.2, 0.25) is 10.0 Å². The lowest BCUT2D eigenvalue weighted by molar-refractivity contribution is -0.386. The highest BCUT2D eigenvalue weighted by molar-refractivity contribution is 7.89. The van der Waals surface area contributed by atoms with Gasteiger partial charge in [-0.3, -0.25) is 14.9 Å². The minimum absolute atomic E-state index is 0.0266. The second-order valence-corrected chi connectivity index (χ2v) is 9.33. The molecule has 1 fully saturated rings. The van der Waals surface area contributed by atoms with Crippen LogP contribution in [-0.2, 0) is 19.6 Å². The van der Waals surface area contributed by atoms with Crippen LogP contribution in [0.2, 0.25) is 0 Å². The predicted octanol–water partition coefficient (Wildman–Crippen LogP) is 2.42. The van der Waals surface area contributed by atoms with Crippen LogP contribution in [0.3, 0.4) is 0 Å². The number of carbonyl (C=O) groups excluding carboxylic acids is 1. The van der Waals surface area contributed by atoms with Crippen molar-refractivity contribution < 1.29 is 27.6 Å². The van der Waals surface area contributed by atoms with Crippen molar-refractivity contribution in [2.45, 2.75) is 51.0 Å². The van der Waals surface area contributed by atoms with E-state index in [9.17, 15) is 23.3 Å². The number of unbranched alkanes of at least 4 members (excludes halogenated alkanes) is 1. The summed E-state index contributed by atoms with van der Waals surface area (Å²) in [7, 11) is -3.89. The van der Waals surface area contributed by atoms with Crippen LogP contribution in [0.15, 0.2) is 23.1 Å². The standard InChI is InChI=1S/C20H31N3O7S/c1-4-6-9-22(16(3)5-2)20(24)15-30-19-8-7-17(14-18(19)23(25)26)31(27,28)21-10-12-29-13-11-21/h7-8,14,16H,4-6,9-13,15H2,1-3H3. The number of carbonyl (C=O) groups is 1. The molecule has 0 bridgehead atoms. The van der Waals surface area contributed by atoms with Gasteiger partial charge in [0, 0.05) is 31.7 Å². The Bertz CT molecular complexity index is 870. The zero-order chi connectivity index (χ0) is 23.0. The number of rotatable bonds is 11. The molecule has 11 heteroatoms. The summed E-state index contributed by atoms with van der Waals surface area (Å²) < 4.78 is 37.4. The first-order valence-corrected chi connectivity index (χ1v) is 11.9. The topological polar surface area (TPSA) is 119 Å². The van der Waals surface area contributed by atoms with Crippen LogP contribution in [-0.4, -0.2) is 74.0 Å². The fourth-order valence-corrected chi connectivity index (χ4v) is 4.65. The molecule has 1 aliphatic heterocycles. The number of nitro groups is 1. The van der Waals surface area contributed by atoms with Crippen molar-refractivity contribution >= 4 is 21.6 Å². The van der Waals surface area contributed by atoms with Gasteiger partial charge < -0.3 is 14.4 Å². The Labute approximate surface area is 183 Å². The summed E-state index contributed by atoms with van der Waals surface area (Å²) in [6, 6.07) is 3.51. The fraction of sp³-hybridized carbons (Fsp3) is 0.650. The molecule has 0 saturated carbocycles. The number of morpholine rings is 1. The monoisotopic (exact) mass is 457 g/mol. The van der Waals surface area contributed by atoms with Crippen LogP contribution in [0.5, 0.6) is 5.75 Å². The molecule has 1 aromatic carbocycles. The van der Waals surface area contributed by atoms with Gasteiger partial charge in [-0.05, 0) is 31.9 Å². The molecule has 10 nitrogen and oxygen atoms in total. The molecule has 1 aromatic rings. The molecular formula is C20H31N3O7S. The summed E-state index contributed by atoms with van der Waals surface area (Å²) in [5.41, 5.74) is -0.495. The third-order valence-corrected chi connectivity index (χ3v) is 7.18. The predicted molar refractivity (Wildman–Crippen MR) is 115 cm³/mol. The van der Waals surface area contributed by atoms with Gasteiger partial charge in [-0.1, -0.05) is 20.3 Å². The molecule has 0 radical (unpaired) electrons. The molecule has 0 aromatic heterocycles. The van der Waals surface area contributed by atoms with E-state index in [0.717, 1.165) is 25.3 Å². The average molecular weight is 458 g/mol. The Kier molecular flexibility index (Phi) is 9.20. The van der Waals surface area contributed by atoms with E-state index < -0.39 is 20.6 Å². The van der Waals surface area contributed by atoms with E-state index in [1.807, 2.05) is 20.8 Å². The smallest absolute Gasteiger partial charge is 0.312 e. The highest BCUT2D eigenvalue weighted by Crippen LogP contribution is 2.31. The van der Waals surface area contributed by atoms with E-state index in [1.54, 1.807) is 4.90 Å². The van der Waals surface area contributed by atoms with Crippen molar-refractivity contribution in [1.82, 2.24) is 9.21 Å². The number of nitro benzene ring substituents is 1. The van der Waals surface area contributed by atoms with Crippen molar-refractivity contribution in [3.63, 3.8) is 0 Å². The second kappa shape index (κ2) is 11.4. The molecule has 1 amide bonds. The van der Waals surface area contributed by atoms with Crippen molar-refractivity contribution in [2.75, 3.05) is 39.5 Å². The van der Waals surface area contributed by atoms with E-state index in [1.165, 1.54) is 16.4 Å². The van der Waals surface area contributed by atoms with Crippen LogP contribution >= 0.6 is 0 Å². The van der Waals surface area contributed by atoms with Gasteiger partial charge in [-0.15, -0.1) is 0 Å². The molecule has 174 valence electrons. The van der Waals surface area contributed by atoms with Crippen LogP contribution in [0.1, 0.15) is 40.0 Å². The lowest BCUT2D eigenvalue weighted by Crippen LogP contribution is -2.41. The maximum absolute atomic E-state index is 12.8. The fourth-order valence-electron chi connectivity index (χ4n) is 3.22. The number of amides is 1. The first kappa shape index (κ1) is 25.0. The average Bonchev–Trinajstić information content (AvgIpc) is 2.77. The molecule has 0 aliphatic carbocycles. The zero-order valence-electron chi connectivity index (χ0n) is 18.3. The minimum Gasteiger partial charge on any atom is -0.477 e. The molecule has 1 unspecified atom stereocenters. The van der Waals surface area contributed by atoms with Crippen LogP contribution < -0.4 is 4.74 Å². The van der Waals surface area contributed by atoms with E-state index >= 15 is 0 Å². The Morgan fingerprint density at radius 2 is 2.00 bits per heavy atom. The van der Waals surface area contributed by atoms with Crippen molar-refractivity contribution in [3.8, 4) is 5.75 Å². The van der Waals surface area contributed by atoms with Gasteiger partial charge in [0.15, 0.2) is 12.4 Å². The molecule has 1 atom stereocenters. The van der Waals surface area contributed by atoms with Gasteiger partial charge in [-0.2, -0.15) is 4.31 Å². The number of nitrogens with zero attached hydrogens (tertiary/aromatic N) is 3. The molecule has 1 aliphatic rings. The summed E-state index contributed by atoms with van der Waals surface area (Å²) in [5, 5.41) is 11.6. The third-order valence-electron chi connectivity index (χ3n) is 5.28. The highest BCUT2D eigenvalue weighted by Gasteiger charge is 2.29. The summed E-state index contributed by atoms with van der Waals surface area (Å²) in [5.74, 6) is -0.402. The van der Waals surface area contributed by atoms with Crippen LogP contribution in [0.25, 0.3) is 0 Å². The van der Waals surface area contributed by atoms with Crippen molar-refractivity contribution in [3.05, 3.63) is 28.3 Å². The van der Waals surface area contributed by atoms with Gasteiger partial charge in [0.05, 0.1) is 23.0 Å². The second-order valence-electron chi connectivity index (χ2n) is 7.39. The lowest BCUT2D eigenvalue weighted by atomic mass is 10.2. The Morgan fingerprint density at radius 1 is 1.32 bits per heavy atom. The SMILES string of the molecule is CCCCN(C(=O)COc1ccc(S(=O)(=O)N2CCOCC2)cc1[N+](=O)[O-])C(C)CC. The zero-order valence-corrected chi connectivity index (χ0v) is 19.1. The van der Waals surface area contributed by atoms with Gasteiger partial charge >= 0.3 is 5.69 Å². The Balaban J connectivity index is 2.19. The number of sulfonamides is 1. The number of hydrogen-bond acceptors (Lipinski definition) is 7. The third kappa shape index (κ3) is 6.37. The highest BCUT2D eigenvalue weighted by atomic mass is 32.2. The maximum Gasteiger partial charge on any atom is 0.312 e. The van der Waals surface area contributed by atoms with Crippen LogP contribution in [0, 0.1) is 10.1 Å². The summed E-state index contributed by atoms with van der Waals surface area (Å²) >= 11 is 0. The van der Waals surface area contributed by atoms with Gasteiger partial charge in [0.1, 0.15) is 0 Å². The molecule has 31 heavy (non-hydrogen) atoms. The lowest BCUT2D eigenvalue weighted by Gasteiger charge is -2.28. The number of benzene rings is 1. The molecule has 0 spiro atoms. The quantitative estimate of drug-likeness (QED) is 0.370. The largest absolute Gasteiger partial charge is 0.477 e. The van der Waals surface area contributed by atoms with E-state index in [-0.39, 0.29) is 55.5 Å². The number of ether oxygens (including phenoxy) is 2. The van der Waals surface area contributed by atoms with Crippen LogP contribution in [0.4, 0.5) is 5.69 Å². The van der Waals surface area contributed by atoms with Gasteiger partial charge in [0.25, 0.3) is 5.91 Å². The summed E-state index contributed by atoms with van der Waals surface area (Å²) in [4.78, 5) is 25.0. The summed E-state index contributed by atoms with van der Waals surface area (Å²) in [6.45, 7) is 7.11. The molecule has 1 saturated heterocycles. The molecule has 0 N–H and O–H groups in total. The van der Waals surface area contributed by atoms with Crippen molar-refractivity contribution in [1.29, 1.82) is 0 Å². The van der Waals surface area contributed by atoms with E-state index in [0.29, 0.717) is 6.54 Å². The minimum atomic E-state index is -3.89. The molecule has 1 heterocycles. The van der Waals surface area contributed by atoms with E-state index in [4.69, 9.17) is 9.47 Å². The number of hydrogen-bond donors (Lipinski definition) is 0. The van der Waals surface area contributed by atoms with Gasteiger partial charge in [-0.25, -0.2) is 8.42 Å². The maximum atomic E-state index is 12.8. The Morgan fingerprint density at radius 3 is 2.58 bits per heavy atom. The summed E-state index contributed by atoms with van der Waals surface area (Å²) in [6.07, 6.45) is 2.57. The molecular weight excluding hydrogens is 426 g/mol. The first-order chi connectivity index (χ1) is 14.7. The molecule has 2 rings (SSSR count). The Hall–Kier alpha value is -2.24. The first-order valence-electron chi connectivity index (χ1n) is 10.5. The van der Waals surface area contributed by atoms with Crippen molar-refractivity contribution in [2.24, 2.45) is 0 Å². The van der Waals surface area contributed by atoms with E-state index in [2.05, 4.69) is 0 Å². The normalized spacial score (nSPS) is 16.0.